The first kappa shape index (κ1) is 18.6. The van der Waals surface area contributed by atoms with Gasteiger partial charge in [0.05, 0.1) is 16.8 Å². The van der Waals surface area contributed by atoms with Crippen molar-refractivity contribution in [2.24, 2.45) is 0 Å². The Morgan fingerprint density at radius 3 is 2.42 bits per heavy atom. The number of nitrogens with one attached hydrogen (secondary N) is 1. The van der Waals surface area contributed by atoms with E-state index in [-0.39, 0.29) is 17.6 Å². The highest BCUT2D eigenvalue weighted by molar-refractivity contribution is 6.33. The minimum Gasteiger partial charge on any atom is -0.368 e. The molecule has 0 aromatic heterocycles. The summed E-state index contributed by atoms with van der Waals surface area (Å²) in [7, 11) is 0. The topological polar surface area (TPSA) is 35.6 Å². The summed E-state index contributed by atoms with van der Waals surface area (Å²) in [4.78, 5) is 16.7. The molecule has 1 aliphatic heterocycles. The molecule has 138 valence electrons. The monoisotopic (exact) mass is 379 g/mol. The summed E-state index contributed by atoms with van der Waals surface area (Å²) in [6.45, 7) is 4.73. The normalized spacial score (nSPS) is 16.4. The second kappa shape index (κ2) is 8.01. The molecule has 26 heavy (non-hydrogen) atoms. The number of nitrogens with zero attached hydrogens (tertiary/aromatic N) is 2. The molecular formula is C19H20ClF2N3O. The number of anilines is 2. The van der Waals surface area contributed by atoms with Crippen LogP contribution in [0, 0.1) is 11.6 Å². The number of carbonyl (C=O) groups excluding carboxylic acids is 1. The molecule has 1 saturated heterocycles. The van der Waals surface area contributed by atoms with Crippen LogP contribution >= 0.6 is 11.6 Å². The molecule has 0 spiro atoms. The number of halogens is 3. The van der Waals surface area contributed by atoms with Gasteiger partial charge in [0.25, 0.3) is 0 Å². The Balaban J connectivity index is 1.57. The molecule has 1 N–H and O–H groups in total. The van der Waals surface area contributed by atoms with E-state index in [9.17, 15) is 13.6 Å². The van der Waals surface area contributed by atoms with Crippen molar-refractivity contribution in [3.63, 3.8) is 0 Å². The van der Waals surface area contributed by atoms with Crippen LogP contribution in [0.25, 0.3) is 0 Å². The Hall–Kier alpha value is -2.18. The Morgan fingerprint density at radius 2 is 1.77 bits per heavy atom. The van der Waals surface area contributed by atoms with Gasteiger partial charge in [-0.05, 0) is 31.2 Å². The third-order valence-electron chi connectivity index (χ3n) is 4.62. The molecule has 0 bridgehead atoms. The zero-order valence-corrected chi connectivity index (χ0v) is 15.1. The van der Waals surface area contributed by atoms with E-state index >= 15 is 0 Å². The van der Waals surface area contributed by atoms with E-state index in [1.54, 1.807) is 6.92 Å². The lowest BCUT2D eigenvalue weighted by molar-refractivity contribution is -0.120. The molecule has 7 heteroatoms. The molecule has 0 aliphatic carbocycles. The molecule has 1 atom stereocenters. The van der Waals surface area contributed by atoms with Gasteiger partial charge in [0.2, 0.25) is 5.91 Å². The van der Waals surface area contributed by atoms with E-state index in [1.807, 2.05) is 24.3 Å². The number of benzene rings is 2. The zero-order valence-electron chi connectivity index (χ0n) is 14.4. The molecule has 0 unspecified atom stereocenters. The maximum Gasteiger partial charge on any atom is 0.241 e. The van der Waals surface area contributed by atoms with Gasteiger partial charge in [0, 0.05) is 37.9 Å². The zero-order chi connectivity index (χ0) is 18.7. The number of piperazine rings is 1. The molecule has 4 nitrogen and oxygen atoms in total. The van der Waals surface area contributed by atoms with E-state index in [0.717, 1.165) is 30.9 Å². The molecule has 1 aliphatic rings. The molecule has 1 heterocycles. The fourth-order valence-corrected chi connectivity index (χ4v) is 3.30. The maximum atomic E-state index is 13.3. The van der Waals surface area contributed by atoms with Crippen LogP contribution in [0.15, 0.2) is 42.5 Å². The van der Waals surface area contributed by atoms with Crippen molar-refractivity contribution >= 4 is 28.9 Å². The van der Waals surface area contributed by atoms with Gasteiger partial charge in [-0.2, -0.15) is 0 Å². The summed E-state index contributed by atoms with van der Waals surface area (Å²) >= 11 is 6.24. The number of carbonyl (C=O) groups is 1. The Kier molecular flexibility index (Phi) is 5.74. The Labute approximate surface area is 156 Å². The van der Waals surface area contributed by atoms with Crippen molar-refractivity contribution in [1.29, 1.82) is 0 Å². The van der Waals surface area contributed by atoms with E-state index in [4.69, 9.17) is 11.6 Å². The maximum absolute atomic E-state index is 13.3. The highest BCUT2D eigenvalue weighted by Gasteiger charge is 2.26. The quantitative estimate of drug-likeness (QED) is 0.878. The van der Waals surface area contributed by atoms with Crippen LogP contribution in [0.2, 0.25) is 5.02 Å². The van der Waals surface area contributed by atoms with Crippen LogP contribution in [0.4, 0.5) is 20.2 Å². The third-order valence-corrected chi connectivity index (χ3v) is 4.94. The van der Waals surface area contributed by atoms with Crippen LogP contribution in [-0.2, 0) is 4.79 Å². The summed E-state index contributed by atoms with van der Waals surface area (Å²) < 4.78 is 26.2. The standard InChI is InChI=1S/C19H20ClF2N3O/c1-13(19(26)23-14-6-7-16(21)17(22)12-14)24-8-10-25(11-9-24)18-5-3-2-4-15(18)20/h2-7,12-13H,8-11H2,1H3,(H,23,26)/t13-/m0/s1. The lowest BCUT2D eigenvalue weighted by Crippen LogP contribution is -2.52. The van der Waals surface area contributed by atoms with E-state index in [2.05, 4.69) is 15.1 Å². The first-order chi connectivity index (χ1) is 12.5. The van der Waals surface area contributed by atoms with Gasteiger partial charge in [-0.25, -0.2) is 8.78 Å². The number of hydrogen-bond donors (Lipinski definition) is 1. The average molecular weight is 380 g/mol. The first-order valence-corrected chi connectivity index (χ1v) is 8.83. The second-order valence-corrected chi connectivity index (χ2v) is 6.68. The van der Waals surface area contributed by atoms with Crippen LogP contribution < -0.4 is 10.2 Å². The predicted octanol–water partition coefficient (Wildman–Crippen LogP) is 3.77. The van der Waals surface area contributed by atoms with Gasteiger partial charge in [-0.15, -0.1) is 0 Å². The molecule has 3 rings (SSSR count). The highest BCUT2D eigenvalue weighted by Crippen LogP contribution is 2.26. The van der Waals surface area contributed by atoms with Gasteiger partial charge in [0.15, 0.2) is 11.6 Å². The average Bonchev–Trinajstić information content (AvgIpc) is 2.65. The largest absolute Gasteiger partial charge is 0.368 e. The molecular weight excluding hydrogens is 360 g/mol. The van der Waals surface area contributed by atoms with Crippen molar-refractivity contribution in [1.82, 2.24) is 4.90 Å². The summed E-state index contributed by atoms with van der Waals surface area (Å²) in [5, 5.41) is 3.35. The lowest BCUT2D eigenvalue weighted by Gasteiger charge is -2.38. The minimum absolute atomic E-state index is 0.246. The van der Waals surface area contributed by atoms with Gasteiger partial charge in [-0.1, -0.05) is 23.7 Å². The van der Waals surface area contributed by atoms with Gasteiger partial charge < -0.3 is 10.2 Å². The summed E-state index contributed by atoms with van der Waals surface area (Å²) in [5.74, 6) is -2.17. The number of para-hydroxylation sites is 1. The molecule has 0 saturated carbocycles. The molecule has 0 radical (unpaired) electrons. The van der Waals surface area contributed by atoms with Crippen LogP contribution in [0.5, 0.6) is 0 Å². The Bertz CT molecular complexity index is 794. The van der Waals surface area contributed by atoms with Crippen LogP contribution in [0.1, 0.15) is 6.92 Å². The van der Waals surface area contributed by atoms with Crippen molar-refractivity contribution < 1.29 is 13.6 Å². The minimum atomic E-state index is -0.983. The van der Waals surface area contributed by atoms with E-state index in [1.165, 1.54) is 6.07 Å². The molecule has 1 amide bonds. The summed E-state index contributed by atoms with van der Waals surface area (Å²) in [6, 6.07) is 10.6. The van der Waals surface area contributed by atoms with Crippen molar-refractivity contribution in [2.45, 2.75) is 13.0 Å². The SMILES string of the molecule is C[C@@H](C(=O)Nc1ccc(F)c(F)c1)N1CCN(c2ccccc2Cl)CC1. The van der Waals surface area contributed by atoms with E-state index < -0.39 is 11.6 Å². The van der Waals surface area contributed by atoms with Gasteiger partial charge in [-0.3, -0.25) is 9.69 Å². The first-order valence-electron chi connectivity index (χ1n) is 8.45. The fourth-order valence-electron chi connectivity index (χ4n) is 3.04. The smallest absolute Gasteiger partial charge is 0.241 e. The van der Waals surface area contributed by atoms with Crippen molar-refractivity contribution in [2.75, 3.05) is 36.4 Å². The van der Waals surface area contributed by atoms with Crippen molar-refractivity contribution in [3.05, 3.63) is 59.1 Å². The molecule has 2 aromatic carbocycles. The van der Waals surface area contributed by atoms with Crippen molar-refractivity contribution in [3.8, 4) is 0 Å². The lowest BCUT2D eigenvalue weighted by atomic mass is 10.2. The number of amides is 1. The predicted molar refractivity (Wildman–Crippen MR) is 99.7 cm³/mol. The van der Waals surface area contributed by atoms with Gasteiger partial charge in [0.1, 0.15) is 0 Å². The fraction of sp³-hybridized carbons (Fsp3) is 0.316. The summed E-state index contributed by atoms with van der Waals surface area (Å²) in [5.41, 5.74) is 1.24. The second-order valence-electron chi connectivity index (χ2n) is 6.27. The number of hydrogen-bond acceptors (Lipinski definition) is 3. The third kappa shape index (κ3) is 4.14. The Morgan fingerprint density at radius 1 is 1.08 bits per heavy atom. The van der Waals surface area contributed by atoms with Crippen LogP contribution in [0.3, 0.4) is 0 Å². The van der Waals surface area contributed by atoms with Gasteiger partial charge >= 0.3 is 0 Å². The highest BCUT2D eigenvalue weighted by atomic mass is 35.5. The molecule has 2 aromatic rings. The number of rotatable bonds is 4. The molecule has 1 fully saturated rings. The summed E-state index contributed by atoms with van der Waals surface area (Å²) in [6.07, 6.45) is 0. The van der Waals surface area contributed by atoms with E-state index in [0.29, 0.717) is 18.1 Å². The van der Waals surface area contributed by atoms with Crippen LogP contribution in [-0.4, -0.2) is 43.0 Å².